The third kappa shape index (κ3) is 5.87. The summed E-state index contributed by atoms with van der Waals surface area (Å²) in [4.78, 5) is 13.1. The molecule has 3 nitrogen and oxygen atoms in total. The highest BCUT2D eigenvalue weighted by Gasteiger charge is 2.32. The molecule has 4 heteroatoms. The molecule has 0 unspecified atom stereocenters. The van der Waals surface area contributed by atoms with E-state index in [1.165, 1.54) is 11.1 Å². The number of nitrogens with one attached hydrogen (secondary N) is 1. The zero-order valence-electron chi connectivity index (χ0n) is 17.6. The number of benzene rings is 3. The Bertz CT molecular complexity index is 940. The second kappa shape index (κ2) is 9.82. The molecule has 2 atom stereocenters. The molecule has 1 N–H and O–H groups in total. The number of halogens is 1. The molecule has 0 bridgehead atoms. The Morgan fingerprint density at radius 3 is 2.10 bits per heavy atom. The number of hydrogen-bond donors (Lipinski definition) is 1. The summed E-state index contributed by atoms with van der Waals surface area (Å²) >= 11 is 5.94. The topological polar surface area (TPSA) is 38.3 Å². The van der Waals surface area contributed by atoms with Crippen molar-refractivity contribution in [3.8, 4) is 5.75 Å². The van der Waals surface area contributed by atoms with Gasteiger partial charge < -0.3 is 10.1 Å². The smallest absolute Gasteiger partial charge is 0.263 e. The van der Waals surface area contributed by atoms with E-state index in [2.05, 4.69) is 36.5 Å². The first-order chi connectivity index (χ1) is 14.3. The maximum atomic E-state index is 13.1. The molecule has 3 rings (SSSR count). The largest absolute Gasteiger partial charge is 0.478 e. The van der Waals surface area contributed by atoms with Crippen molar-refractivity contribution in [3.63, 3.8) is 0 Å². The van der Waals surface area contributed by atoms with Crippen molar-refractivity contribution in [1.29, 1.82) is 0 Å². The van der Waals surface area contributed by atoms with Gasteiger partial charge in [-0.3, -0.25) is 4.79 Å². The van der Waals surface area contributed by atoms with Crippen molar-refractivity contribution < 1.29 is 9.53 Å². The van der Waals surface area contributed by atoms with E-state index in [1.54, 1.807) is 38.1 Å². The van der Waals surface area contributed by atoms with Crippen LogP contribution < -0.4 is 10.1 Å². The highest BCUT2D eigenvalue weighted by atomic mass is 35.5. The van der Waals surface area contributed by atoms with Crippen LogP contribution in [-0.4, -0.2) is 17.6 Å². The SMILES string of the molecule is C[C@H](NC(=O)C(C)(C)Oc1ccc(Cl)cc1)[C@@H](Cc1ccccc1)c1ccccc1. The summed E-state index contributed by atoms with van der Waals surface area (Å²) in [5, 5.41) is 3.81. The second-order valence-corrected chi connectivity index (χ2v) is 8.47. The summed E-state index contributed by atoms with van der Waals surface area (Å²) in [5.74, 6) is 0.596. The lowest BCUT2D eigenvalue weighted by atomic mass is 9.86. The van der Waals surface area contributed by atoms with Gasteiger partial charge in [-0.2, -0.15) is 0 Å². The molecule has 0 spiro atoms. The average Bonchev–Trinajstić information content (AvgIpc) is 2.74. The van der Waals surface area contributed by atoms with Crippen molar-refractivity contribution in [2.45, 2.75) is 44.8 Å². The van der Waals surface area contributed by atoms with Crippen LogP contribution in [0.4, 0.5) is 0 Å². The van der Waals surface area contributed by atoms with Crippen molar-refractivity contribution in [2.75, 3.05) is 0 Å². The average molecular weight is 422 g/mol. The van der Waals surface area contributed by atoms with E-state index in [0.29, 0.717) is 10.8 Å². The monoisotopic (exact) mass is 421 g/mol. The highest BCUT2D eigenvalue weighted by molar-refractivity contribution is 6.30. The Morgan fingerprint density at radius 1 is 0.933 bits per heavy atom. The first-order valence-electron chi connectivity index (χ1n) is 10.2. The molecule has 0 heterocycles. The van der Waals surface area contributed by atoms with Crippen LogP contribution in [0.2, 0.25) is 5.02 Å². The molecular weight excluding hydrogens is 394 g/mol. The molecule has 3 aromatic rings. The van der Waals surface area contributed by atoms with Gasteiger partial charge in [0, 0.05) is 17.0 Å². The molecule has 0 saturated heterocycles. The lowest BCUT2D eigenvalue weighted by Crippen LogP contribution is -2.51. The third-order valence-corrected chi connectivity index (χ3v) is 5.47. The minimum atomic E-state index is -1.02. The molecule has 1 amide bonds. The van der Waals surface area contributed by atoms with Crippen molar-refractivity contribution in [1.82, 2.24) is 5.32 Å². The standard InChI is InChI=1S/C26H28ClNO2/c1-19(28-25(29)26(2,3)30-23-16-14-22(27)15-17-23)24(21-12-8-5-9-13-21)18-20-10-6-4-7-11-20/h4-17,19,24H,18H2,1-3H3,(H,28,29)/t19-,24+/m0/s1. The minimum absolute atomic E-state index is 0.0757. The summed E-state index contributed by atoms with van der Waals surface area (Å²) in [7, 11) is 0. The Hall–Kier alpha value is -2.78. The molecule has 0 aliphatic rings. The van der Waals surface area contributed by atoms with Crippen LogP contribution in [0.1, 0.15) is 37.8 Å². The van der Waals surface area contributed by atoms with Gasteiger partial charge in [-0.25, -0.2) is 0 Å². The van der Waals surface area contributed by atoms with Crippen molar-refractivity contribution in [2.24, 2.45) is 0 Å². The predicted molar refractivity (Wildman–Crippen MR) is 123 cm³/mol. The number of amides is 1. The quantitative estimate of drug-likeness (QED) is 0.482. The van der Waals surface area contributed by atoms with E-state index in [4.69, 9.17) is 16.3 Å². The molecule has 0 aliphatic carbocycles. The second-order valence-electron chi connectivity index (χ2n) is 8.04. The molecule has 0 aromatic heterocycles. The first kappa shape index (κ1) is 21.9. The molecule has 0 radical (unpaired) electrons. The van der Waals surface area contributed by atoms with Gasteiger partial charge in [0.25, 0.3) is 5.91 Å². The summed E-state index contributed by atoms with van der Waals surface area (Å²) in [5.41, 5.74) is 1.42. The van der Waals surface area contributed by atoms with Gasteiger partial charge >= 0.3 is 0 Å². The van der Waals surface area contributed by atoms with Gasteiger partial charge in [0.2, 0.25) is 0 Å². The molecular formula is C26H28ClNO2. The van der Waals surface area contributed by atoms with E-state index in [0.717, 1.165) is 6.42 Å². The lowest BCUT2D eigenvalue weighted by Gasteiger charge is -2.31. The van der Waals surface area contributed by atoms with Crippen LogP contribution in [0.15, 0.2) is 84.9 Å². The maximum absolute atomic E-state index is 13.1. The summed E-state index contributed by atoms with van der Waals surface area (Å²) in [6, 6.07) is 27.6. The lowest BCUT2D eigenvalue weighted by molar-refractivity contribution is -0.135. The van der Waals surface area contributed by atoms with Crippen LogP contribution in [0.5, 0.6) is 5.75 Å². The third-order valence-electron chi connectivity index (χ3n) is 5.22. The number of carbonyl (C=O) groups excluding carboxylic acids is 1. The normalized spacial score (nSPS) is 13.3. The Kier molecular flexibility index (Phi) is 7.17. The summed E-state index contributed by atoms with van der Waals surface area (Å²) in [6.45, 7) is 5.60. The summed E-state index contributed by atoms with van der Waals surface area (Å²) < 4.78 is 5.95. The Labute approximate surface area is 184 Å². The first-order valence-corrected chi connectivity index (χ1v) is 10.6. The fraction of sp³-hybridized carbons (Fsp3) is 0.269. The van der Waals surface area contributed by atoms with Crippen LogP contribution in [0.25, 0.3) is 0 Å². The number of carbonyl (C=O) groups is 1. The molecule has 0 aliphatic heterocycles. The predicted octanol–water partition coefficient (Wildman–Crippen LogP) is 6.03. The molecule has 0 saturated carbocycles. The summed E-state index contributed by atoms with van der Waals surface area (Å²) in [6.07, 6.45) is 0.838. The van der Waals surface area contributed by atoms with Gasteiger partial charge in [0.05, 0.1) is 0 Å². The fourth-order valence-electron chi connectivity index (χ4n) is 3.48. The van der Waals surface area contributed by atoms with E-state index in [9.17, 15) is 4.79 Å². The molecule has 30 heavy (non-hydrogen) atoms. The van der Waals surface area contributed by atoms with E-state index in [-0.39, 0.29) is 17.9 Å². The van der Waals surface area contributed by atoms with E-state index < -0.39 is 5.60 Å². The molecule has 156 valence electrons. The van der Waals surface area contributed by atoms with Gasteiger partial charge in [-0.15, -0.1) is 0 Å². The van der Waals surface area contributed by atoms with Crippen LogP contribution in [0, 0.1) is 0 Å². The van der Waals surface area contributed by atoms with Crippen LogP contribution in [0.3, 0.4) is 0 Å². The van der Waals surface area contributed by atoms with Crippen molar-refractivity contribution >= 4 is 17.5 Å². The van der Waals surface area contributed by atoms with Gasteiger partial charge in [-0.1, -0.05) is 72.3 Å². The number of hydrogen-bond acceptors (Lipinski definition) is 2. The zero-order chi connectivity index (χ0) is 21.6. The van der Waals surface area contributed by atoms with Crippen LogP contribution >= 0.6 is 11.6 Å². The van der Waals surface area contributed by atoms with Crippen molar-refractivity contribution in [3.05, 3.63) is 101 Å². The van der Waals surface area contributed by atoms with E-state index in [1.807, 2.05) is 36.4 Å². The van der Waals surface area contributed by atoms with Crippen LogP contribution in [-0.2, 0) is 11.2 Å². The van der Waals surface area contributed by atoms with Gasteiger partial charge in [0.15, 0.2) is 5.60 Å². The van der Waals surface area contributed by atoms with Gasteiger partial charge in [0.1, 0.15) is 5.75 Å². The number of ether oxygens (including phenoxy) is 1. The Balaban J connectivity index is 1.74. The highest BCUT2D eigenvalue weighted by Crippen LogP contribution is 2.26. The Morgan fingerprint density at radius 2 is 1.50 bits per heavy atom. The minimum Gasteiger partial charge on any atom is -0.478 e. The maximum Gasteiger partial charge on any atom is 0.263 e. The van der Waals surface area contributed by atoms with E-state index >= 15 is 0 Å². The zero-order valence-corrected chi connectivity index (χ0v) is 18.4. The molecule has 0 fully saturated rings. The number of rotatable bonds is 8. The van der Waals surface area contributed by atoms with Gasteiger partial charge in [-0.05, 0) is 62.6 Å². The molecule has 3 aromatic carbocycles. The fourth-order valence-corrected chi connectivity index (χ4v) is 3.60.